The predicted molar refractivity (Wildman–Crippen MR) is 164 cm³/mol. The van der Waals surface area contributed by atoms with Crippen molar-refractivity contribution in [2.75, 3.05) is 13.2 Å². The van der Waals surface area contributed by atoms with Crippen molar-refractivity contribution in [1.82, 2.24) is 0 Å². The lowest BCUT2D eigenvalue weighted by Gasteiger charge is -2.56. The molecule has 5 heteroatoms. The van der Waals surface area contributed by atoms with E-state index in [1.54, 1.807) is 0 Å². The number of hydrogen-bond acceptors (Lipinski definition) is 4. The number of carbonyl (C=O) groups is 1. The average molecular weight is 563 g/mol. The van der Waals surface area contributed by atoms with Crippen LogP contribution in [0.5, 0.6) is 0 Å². The minimum absolute atomic E-state index is 0.0677. The van der Waals surface area contributed by atoms with Gasteiger partial charge in [0, 0.05) is 25.0 Å². The molecule has 0 aromatic heterocycles. The Morgan fingerprint density at radius 3 is 2.05 bits per heavy atom. The Morgan fingerprint density at radius 2 is 1.50 bits per heavy atom. The number of Topliss-reactive ketones (excluding diaryl/α,β-unsaturated/α-hetero) is 1. The van der Waals surface area contributed by atoms with Gasteiger partial charge in [0.05, 0.1) is 6.10 Å². The number of aliphatic hydroxyl groups excluding tert-OH is 2. The van der Waals surface area contributed by atoms with E-state index < -0.39 is 8.32 Å². The summed E-state index contributed by atoms with van der Waals surface area (Å²) in [6.45, 7) is 12.3. The van der Waals surface area contributed by atoms with Crippen molar-refractivity contribution in [3.05, 3.63) is 60.7 Å². The van der Waals surface area contributed by atoms with Crippen molar-refractivity contribution in [2.45, 2.75) is 90.7 Å². The zero-order chi connectivity index (χ0) is 28.8. The third-order valence-corrected chi connectivity index (χ3v) is 16.6. The summed E-state index contributed by atoms with van der Waals surface area (Å²) in [5, 5.41) is 23.5. The highest BCUT2D eigenvalue weighted by Gasteiger charge is 2.59. The van der Waals surface area contributed by atoms with Crippen molar-refractivity contribution < 1.29 is 19.4 Å². The van der Waals surface area contributed by atoms with Gasteiger partial charge in [-0.3, -0.25) is 4.79 Å². The van der Waals surface area contributed by atoms with Gasteiger partial charge >= 0.3 is 0 Å². The Hall–Kier alpha value is -1.79. The van der Waals surface area contributed by atoms with Crippen LogP contribution in [0.15, 0.2) is 60.7 Å². The van der Waals surface area contributed by atoms with Gasteiger partial charge in [-0.1, -0.05) is 95.3 Å². The van der Waals surface area contributed by atoms with Crippen LogP contribution in [0.3, 0.4) is 0 Å². The molecule has 2 N–H and O–H groups in total. The van der Waals surface area contributed by atoms with Crippen LogP contribution in [0.25, 0.3) is 0 Å². The Balaban J connectivity index is 1.59. The molecule has 0 unspecified atom stereocenters. The van der Waals surface area contributed by atoms with Crippen LogP contribution < -0.4 is 10.4 Å². The average Bonchev–Trinajstić information content (AvgIpc) is 3.25. The van der Waals surface area contributed by atoms with E-state index in [9.17, 15) is 15.0 Å². The Labute approximate surface area is 242 Å². The molecule has 2 aromatic carbocycles. The van der Waals surface area contributed by atoms with Gasteiger partial charge in [0.25, 0.3) is 8.32 Å². The summed E-state index contributed by atoms with van der Waals surface area (Å²) in [7, 11) is -2.73. The highest BCUT2D eigenvalue weighted by Crippen LogP contribution is 2.61. The molecule has 0 spiro atoms. The quantitative estimate of drug-likeness (QED) is 0.423. The predicted octanol–water partition coefficient (Wildman–Crippen LogP) is 5.73. The smallest absolute Gasteiger partial charge is 0.261 e. The van der Waals surface area contributed by atoms with Crippen LogP contribution in [0.2, 0.25) is 5.04 Å². The Morgan fingerprint density at radius 1 is 0.900 bits per heavy atom. The van der Waals surface area contributed by atoms with Crippen molar-refractivity contribution in [3.8, 4) is 0 Å². The highest BCUT2D eigenvalue weighted by atomic mass is 28.4. The van der Waals surface area contributed by atoms with Crippen molar-refractivity contribution in [2.24, 2.45) is 34.5 Å². The van der Waals surface area contributed by atoms with Gasteiger partial charge in [-0.2, -0.15) is 0 Å². The summed E-state index contributed by atoms with van der Waals surface area (Å²) >= 11 is 0. The van der Waals surface area contributed by atoms with Gasteiger partial charge in [0.1, 0.15) is 5.78 Å². The number of fused-ring (bicyclic) bond motifs is 1. The van der Waals surface area contributed by atoms with Crippen LogP contribution in [0.4, 0.5) is 0 Å². The standard InChI is InChI=1S/C35H50O4Si/c1-33(2,3)40(27-12-8-6-9-13-27,28-14-10-7-11-15-28)39-24-29-30-16-17-32(38)35(30,5)21-19-31(29)34(4)20-18-26(37)22-25(34)23-36/h6-15,25-26,29-31,36-37H,16-24H2,1-5H3/t25-,26+,29+,30+,31+,34+,35+/m1/s1. The first-order valence-electron chi connectivity index (χ1n) is 15.5. The number of carbonyl (C=O) groups excluding carboxylic acids is 1. The number of rotatable bonds is 7. The van der Waals surface area contributed by atoms with Crippen LogP contribution in [0.1, 0.15) is 79.6 Å². The van der Waals surface area contributed by atoms with Crippen molar-refractivity contribution in [1.29, 1.82) is 0 Å². The minimum atomic E-state index is -2.73. The molecule has 5 rings (SSSR count). The fourth-order valence-corrected chi connectivity index (χ4v) is 13.9. The Kier molecular flexibility index (Phi) is 8.26. The normalized spacial score (nSPS) is 35.0. The molecule has 7 atom stereocenters. The zero-order valence-corrected chi connectivity index (χ0v) is 26.2. The van der Waals surface area contributed by atoms with Gasteiger partial charge in [0.2, 0.25) is 0 Å². The summed E-state index contributed by atoms with van der Waals surface area (Å²) < 4.78 is 7.57. The second-order valence-electron chi connectivity index (χ2n) is 14.6. The number of hydrogen-bond donors (Lipinski definition) is 2. The molecule has 2 aromatic rings. The van der Waals surface area contributed by atoms with Crippen LogP contribution in [-0.2, 0) is 9.22 Å². The lowest BCUT2D eigenvalue weighted by molar-refractivity contribution is -0.138. The molecule has 3 aliphatic rings. The number of aliphatic hydroxyl groups is 2. The molecule has 0 saturated heterocycles. The largest absolute Gasteiger partial charge is 0.407 e. The molecule has 3 fully saturated rings. The summed E-state index contributed by atoms with van der Waals surface area (Å²) in [6.07, 6.45) is 5.53. The fourth-order valence-electron chi connectivity index (χ4n) is 9.26. The molecule has 40 heavy (non-hydrogen) atoms. The maximum atomic E-state index is 13.3. The molecule has 0 amide bonds. The zero-order valence-electron chi connectivity index (χ0n) is 25.2. The summed E-state index contributed by atoms with van der Waals surface area (Å²) in [5.41, 5.74) is -0.365. The molecule has 4 nitrogen and oxygen atoms in total. The summed E-state index contributed by atoms with van der Waals surface area (Å²) in [4.78, 5) is 13.3. The maximum absolute atomic E-state index is 13.3. The molecular weight excluding hydrogens is 512 g/mol. The monoisotopic (exact) mass is 562 g/mol. The van der Waals surface area contributed by atoms with Crippen molar-refractivity contribution in [3.63, 3.8) is 0 Å². The van der Waals surface area contributed by atoms with Crippen LogP contribution in [0, 0.1) is 34.5 Å². The molecule has 0 radical (unpaired) electrons. The van der Waals surface area contributed by atoms with E-state index in [2.05, 4.69) is 95.3 Å². The highest BCUT2D eigenvalue weighted by molar-refractivity contribution is 6.99. The van der Waals surface area contributed by atoms with Crippen LogP contribution in [-0.4, -0.2) is 43.6 Å². The molecule has 218 valence electrons. The summed E-state index contributed by atoms with van der Waals surface area (Å²) in [5.74, 6) is 1.37. The molecule has 0 heterocycles. The molecular formula is C35H50O4Si. The molecule has 3 aliphatic carbocycles. The van der Waals surface area contributed by atoms with E-state index in [-0.39, 0.29) is 40.4 Å². The lowest BCUT2D eigenvalue weighted by Crippen LogP contribution is -2.67. The fraction of sp³-hybridized carbons (Fsp3) is 0.629. The second kappa shape index (κ2) is 11.1. The van der Waals surface area contributed by atoms with Gasteiger partial charge in [-0.05, 0) is 83.0 Å². The maximum Gasteiger partial charge on any atom is 0.261 e. The topological polar surface area (TPSA) is 66.8 Å². The van der Waals surface area contributed by atoms with Gasteiger partial charge in [0.15, 0.2) is 0 Å². The Bertz CT molecular complexity index is 1120. The molecule has 3 saturated carbocycles. The van der Waals surface area contributed by atoms with E-state index in [1.807, 2.05) is 0 Å². The van der Waals surface area contributed by atoms with E-state index in [0.717, 1.165) is 32.1 Å². The minimum Gasteiger partial charge on any atom is -0.407 e. The van der Waals surface area contributed by atoms with Gasteiger partial charge < -0.3 is 14.6 Å². The SMILES string of the molecule is CC(C)(C)[Si](OC[C@@H]1[C@@H]([C@@]2(C)CC[C@H](O)C[C@@H]2CO)CC[C@]2(C)C(=O)CC[C@@H]12)(c1ccccc1)c1ccccc1. The van der Waals surface area contributed by atoms with E-state index in [4.69, 9.17) is 4.43 Å². The molecule has 0 bridgehead atoms. The van der Waals surface area contributed by atoms with Gasteiger partial charge in [-0.25, -0.2) is 0 Å². The van der Waals surface area contributed by atoms with Gasteiger partial charge in [-0.15, -0.1) is 0 Å². The lowest BCUT2D eigenvalue weighted by atomic mass is 9.49. The van der Waals surface area contributed by atoms with Crippen molar-refractivity contribution >= 4 is 24.5 Å². The molecule has 0 aliphatic heterocycles. The first-order chi connectivity index (χ1) is 19.0. The van der Waals surface area contributed by atoms with Crippen LogP contribution >= 0.6 is 0 Å². The van der Waals surface area contributed by atoms with E-state index in [1.165, 1.54) is 10.4 Å². The first kappa shape index (κ1) is 29.7. The third kappa shape index (κ3) is 4.85. The second-order valence-corrected chi connectivity index (χ2v) is 18.9. The summed E-state index contributed by atoms with van der Waals surface area (Å²) in [6, 6.07) is 21.7. The van der Waals surface area contributed by atoms with E-state index >= 15 is 0 Å². The first-order valence-corrected chi connectivity index (χ1v) is 17.5. The number of ketones is 1. The van der Waals surface area contributed by atoms with E-state index in [0.29, 0.717) is 37.1 Å². The third-order valence-electron chi connectivity index (χ3n) is 11.6. The number of benzene rings is 2.